The van der Waals surface area contributed by atoms with E-state index in [4.69, 9.17) is 18.9 Å². The lowest BCUT2D eigenvalue weighted by molar-refractivity contribution is -0.376. The summed E-state index contributed by atoms with van der Waals surface area (Å²) in [4.78, 5) is 55.3. The predicted octanol–water partition coefficient (Wildman–Crippen LogP) is 0.528. The SMILES string of the molecule is C[C@]12C(=O)C=CC=C1[C@H](O)C[C@@H]1[C@@H]2CC[C@@]2(O)C(=O)O[C@@]3(C)[C@H]4C[C@]5(C)[C@@H](CO[C@@]16O[C@]23[C@H]5C6=O)C(=O)O4. The van der Waals surface area contributed by atoms with Gasteiger partial charge >= 0.3 is 11.9 Å². The maximum atomic E-state index is 14.9. The van der Waals surface area contributed by atoms with Gasteiger partial charge in [0.15, 0.2) is 28.4 Å². The molecule has 5 bridgehead atoms. The fourth-order valence-corrected chi connectivity index (χ4v) is 10.1. The van der Waals surface area contributed by atoms with Crippen LogP contribution in [0.2, 0.25) is 0 Å². The highest BCUT2D eigenvalue weighted by Gasteiger charge is 2.93. The van der Waals surface area contributed by atoms with Crippen LogP contribution >= 0.6 is 0 Å². The summed E-state index contributed by atoms with van der Waals surface area (Å²) in [5.74, 6) is -7.45. The van der Waals surface area contributed by atoms with Crippen molar-refractivity contribution in [1.82, 2.24) is 0 Å². The predicted molar refractivity (Wildman–Crippen MR) is 124 cm³/mol. The lowest BCUT2D eigenvalue weighted by atomic mass is 9.46. The molecule has 2 saturated carbocycles. The Balaban J connectivity index is 1.43. The van der Waals surface area contributed by atoms with E-state index in [9.17, 15) is 29.4 Å². The molecule has 0 radical (unpaired) electrons. The largest absolute Gasteiger partial charge is 0.458 e. The highest BCUT2D eigenvalue weighted by Crippen LogP contribution is 2.75. The molecule has 0 aromatic heterocycles. The third-order valence-electron chi connectivity index (χ3n) is 12.0. The number of carbonyl (C=O) groups excluding carboxylic acids is 4. The fourth-order valence-electron chi connectivity index (χ4n) is 10.1. The summed E-state index contributed by atoms with van der Waals surface area (Å²) in [6.07, 6.45) is 3.22. The van der Waals surface area contributed by atoms with Crippen molar-refractivity contribution in [1.29, 1.82) is 0 Å². The Kier molecular flexibility index (Phi) is 3.91. The Morgan fingerprint density at radius 3 is 2.61 bits per heavy atom. The van der Waals surface area contributed by atoms with Crippen LogP contribution < -0.4 is 0 Å². The van der Waals surface area contributed by atoms with E-state index in [1.165, 1.54) is 6.08 Å². The van der Waals surface area contributed by atoms with Gasteiger partial charge in [0.05, 0.1) is 30.0 Å². The molecule has 38 heavy (non-hydrogen) atoms. The smallest absolute Gasteiger partial charge is 0.342 e. The number of allylic oxidation sites excluding steroid dienone is 3. The monoisotopic (exact) mass is 526 g/mol. The van der Waals surface area contributed by atoms with Crippen LogP contribution in [0.5, 0.6) is 0 Å². The van der Waals surface area contributed by atoms with E-state index in [1.807, 2.05) is 6.92 Å². The summed E-state index contributed by atoms with van der Waals surface area (Å²) in [7, 11) is 0. The van der Waals surface area contributed by atoms with Crippen LogP contribution in [0.15, 0.2) is 23.8 Å². The van der Waals surface area contributed by atoms with Gasteiger partial charge in [-0.1, -0.05) is 19.1 Å². The number of ketones is 2. The number of aliphatic hydroxyl groups excluding tert-OH is 1. The highest BCUT2D eigenvalue weighted by atomic mass is 16.8. The Morgan fingerprint density at radius 1 is 1.08 bits per heavy atom. The van der Waals surface area contributed by atoms with Gasteiger partial charge < -0.3 is 29.2 Å². The van der Waals surface area contributed by atoms with Crippen LogP contribution in [0.3, 0.4) is 0 Å². The van der Waals surface area contributed by atoms with Gasteiger partial charge in [0, 0.05) is 5.92 Å². The van der Waals surface area contributed by atoms with Crippen LogP contribution in [-0.4, -0.2) is 75.1 Å². The molecule has 0 aromatic rings. The van der Waals surface area contributed by atoms with Gasteiger partial charge in [0.25, 0.3) is 0 Å². The summed E-state index contributed by atoms with van der Waals surface area (Å²) in [5, 5.41) is 23.7. The number of fused-ring (bicyclic) bond motifs is 5. The number of hydrogen-bond donors (Lipinski definition) is 2. The normalized spacial score (nSPS) is 59.2. The van der Waals surface area contributed by atoms with Gasteiger partial charge in [-0.3, -0.25) is 14.4 Å². The molecule has 2 N–H and O–H groups in total. The van der Waals surface area contributed by atoms with Crippen molar-refractivity contribution in [2.45, 2.75) is 81.3 Å². The van der Waals surface area contributed by atoms with Crippen LogP contribution in [0.25, 0.3) is 0 Å². The van der Waals surface area contributed by atoms with Gasteiger partial charge in [0.2, 0.25) is 5.79 Å². The minimum atomic E-state index is -2.24. The Morgan fingerprint density at radius 2 is 1.84 bits per heavy atom. The Bertz CT molecular complexity index is 1330. The second-order valence-electron chi connectivity index (χ2n) is 13.2. The summed E-state index contributed by atoms with van der Waals surface area (Å²) in [6.45, 7) is 4.98. The van der Waals surface area contributed by atoms with Crippen LogP contribution in [-0.2, 0) is 38.1 Å². The first-order valence-corrected chi connectivity index (χ1v) is 13.5. The van der Waals surface area contributed by atoms with E-state index in [-0.39, 0.29) is 38.1 Å². The first-order valence-electron chi connectivity index (χ1n) is 13.5. The van der Waals surface area contributed by atoms with Crippen LogP contribution in [0.4, 0.5) is 0 Å². The van der Waals surface area contributed by atoms with Crippen LogP contribution in [0.1, 0.15) is 46.5 Å². The molecule has 10 nitrogen and oxygen atoms in total. The van der Waals surface area contributed by atoms with Gasteiger partial charge in [-0.25, -0.2) is 4.79 Å². The zero-order chi connectivity index (χ0) is 26.8. The van der Waals surface area contributed by atoms with Crippen molar-refractivity contribution in [2.24, 2.45) is 34.5 Å². The van der Waals surface area contributed by atoms with E-state index in [0.717, 1.165) is 0 Å². The zero-order valence-electron chi connectivity index (χ0n) is 21.4. The minimum Gasteiger partial charge on any atom is -0.458 e. The molecule has 2 spiro atoms. The molecule has 0 unspecified atom stereocenters. The van der Waals surface area contributed by atoms with E-state index in [1.54, 1.807) is 26.0 Å². The number of hydrogen-bond acceptors (Lipinski definition) is 10. The van der Waals surface area contributed by atoms with E-state index >= 15 is 0 Å². The quantitative estimate of drug-likeness (QED) is 0.429. The first kappa shape index (κ1) is 23.5. The second-order valence-corrected chi connectivity index (χ2v) is 13.2. The molecule has 8 aliphatic rings. The third-order valence-corrected chi connectivity index (χ3v) is 12.0. The second kappa shape index (κ2) is 6.32. The van der Waals surface area contributed by atoms with Crippen molar-refractivity contribution in [3.8, 4) is 0 Å². The van der Waals surface area contributed by atoms with Crippen molar-refractivity contribution >= 4 is 23.5 Å². The molecular weight excluding hydrogens is 496 g/mol. The lowest BCUT2D eigenvalue weighted by Crippen LogP contribution is -2.79. The molecule has 5 saturated heterocycles. The van der Waals surface area contributed by atoms with Gasteiger partial charge in [0.1, 0.15) is 6.10 Å². The first-order chi connectivity index (χ1) is 17.8. The maximum absolute atomic E-state index is 14.9. The number of carbonyl (C=O) groups is 4. The highest BCUT2D eigenvalue weighted by molar-refractivity contribution is 6.01. The van der Waals surface area contributed by atoms with E-state index < -0.39 is 87.0 Å². The molecule has 10 heteroatoms. The maximum Gasteiger partial charge on any atom is 0.342 e. The van der Waals surface area contributed by atoms with Crippen molar-refractivity contribution < 1.29 is 48.3 Å². The van der Waals surface area contributed by atoms with E-state index in [0.29, 0.717) is 5.57 Å². The summed E-state index contributed by atoms with van der Waals surface area (Å²) in [5.41, 5.74) is -7.44. The average molecular weight is 527 g/mol. The molecule has 12 atom stereocenters. The van der Waals surface area contributed by atoms with Gasteiger partial charge in [-0.2, -0.15) is 0 Å². The average Bonchev–Trinajstić information content (AvgIpc) is 3.17. The van der Waals surface area contributed by atoms with Crippen molar-refractivity contribution in [3.63, 3.8) is 0 Å². The summed E-state index contributed by atoms with van der Waals surface area (Å²) >= 11 is 0. The standard InChI is InChI=1S/C28H30O10/c1-23-10-18-25(3)28-19(23)20(31)27(38-28,35-11-15(23)21(32)36-18)14-9-16(29)13-5-4-6-17(30)24(13,2)12(14)7-8-26(28,34)22(33)37-25/h4-6,12,14-16,18-19,29,34H,7-11H2,1-3H3/t12-,14+,15-,16+,18+,19-,23+,24+,25-,26+,27+,28-/m0/s1. The molecule has 5 aliphatic heterocycles. The molecule has 202 valence electrons. The third kappa shape index (κ3) is 2.00. The molecule has 0 aromatic carbocycles. The molecular formula is C28H30O10. The summed E-state index contributed by atoms with van der Waals surface area (Å²) < 4.78 is 25.0. The minimum absolute atomic E-state index is 0.0843. The number of aliphatic hydroxyl groups is 2. The Labute approximate surface area is 218 Å². The van der Waals surface area contributed by atoms with Crippen molar-refractivity contribution in [3.05, 3.63) is 23.8 Å². The van der Waals surface area contributed by atoms with E-state index in [2.05, 4.69) is 0 Å². The van der Waals surface area contributed by atoms with Crippen LogP contribution in [0, 0.1) is 34.5 Å². The molecule has 3 aliphatic carbocycles. The topological polar surface area (TPSA) is 146 Å². The van der Waals surface area contributed by atoms with Crippen molar-refractivity contribution in [2.75, 3.05) is 6.61 Å². The number of ether oxygens (including phenoxy) is 4. The molecule has 8 rings (SSSR count). The lowest BCUT2D eigenvalue weighted by Gasteiger charge is -2.63. The Hall–Kier alpha value is -2.40. The van der Waals surface area contributed by atoms with Gasteiger partial charge in [-0.15, -0.1) is 0 Å². The number of rotatable bonds is 0. The molecule has 0 amide bonds. The molecule has 5 heterocycles. The molecule has 7 fully saturated rings. The zero-order valence-corrected chi connectivity index (χ0v) is 21.4. The number of esters is 2. The van der Waals surface area contributed by atoms with Gasteiger partial charge in [-0.05, 0) is 62.5 Å². The summed E-state index contributed by atoms with van der Waals surface area (Å²) in [6, 6.07) is 0. The fraction of sp³-hybridized carbons (Fsp3) is 0.714. The number of Topliss-reactive ketones (excluding diaryl/α,β-unsaturated/α-hetero) is 1.